The van der Waals surface area contributed by atoms with E-state index in [1.807, 2.05) is 0 Å². The Bertz CT molecular complexity index is 827. The number of ether oxygens (including phenoxy) is 4. The second-order valence-electron chi connectivity index (χ2n) is 7.49. The molecule has 0 unspecified atom stereocenters. The Hall–Kier alpha value is -1.69. The van der Waals surface area contributed by atoms with Crippen molar-refractivity contribution in [3.05, 3.63) is 33.3 Å². The minimum Gasteiger partial charge on any atom is -0.460 e. The molecule has 15 heteroatoms. The Labute approximate surface area is 191 Å². The highest BCUT2D eigenvalue weighted by atomic mass is 35.5. The van der Waals surface area contributed by atoms with Gasteiger partial charge in [-0.3, -0.25) is 10.1 Å². The quantitative estimate of drug-likeness (QED) is 0.150. The molecule has 14 nitrogen and oxygen atoms in total. The number of hydrogen-bond donors (Lipinski definition) is 7. The van der Waals surface area contributed by atoms with Crippen LogP contribution in [0.2, 0.25) is 5.02 Å². The number of aliphatic hydroxyl groups excluding tert-OH is 7. The molecule has 0 saturated carbocycles. The van der Waals surface area contributed by atoms with E-state index in [4.69, 9.17) is 30.5 Å². The SMILES string of the molecule is O=[N+]([O-])c1ccc(O[C@@H]2O[C@H](CO)[C@@H](O[C@H]3O[C@H](CO)[C@@H](O)[C@H](O)[C@H]3O)[C@H](O)[C@H]2O)c(Cl)c1. The highest BCUT2D eigenvalue weighted by Gasteiger charge is 2.51. The van der Waals surface area contributed by atoms with Gasteiger partial charge in [-0.1, -0.05) is 11.6 Å². The van der Waals surface area contributed by atoms with Crippen molar-refractivity contribution in [1.29, 1.82) is 0 Å². The number of nitrogens with zero attached hydrogens (tertiary/aromatic N) is 1. The average molecular weight is 498 g/mol. The highest BCUT2D eigenvalue weighted by Crippen LogP contribution is 2.33. The monoisotopic (exact) mass is 497 g/mol. The Balaban J connectivity index is 1.73. The van der Waals surface area contributed by atoms with Gasteiger partial charge in [-0.25, -0.2) is 0 Å². The summed E-state index contributed by atoms with van der Waals surface area (Å²) in [5.74, 6) is -0.108. The maximum absolute atomic E-state index is 10.8. The maximum atomic E-state index is 10.8. The Morgan fingerprint density at radius 3 is 2.09 bits per heavy atom. The molecule has 33 heavy (non-hydrogen) atoms. The Kier molecular flexibility index (Phi) is 8.41. The third kappa shape index (κ3) is 5.36. The van der Waals surface area contributed by atoms with Crippen LogP contribution in [0, 0.1) is 10.1 Å². The maximum Gasteiger partial charge on any atom is 0.271 e. The summed E-state index contributed by atoms with van der Waals surface area (Å²) in [6.45, 7) is -1.47. The van der Waals surface area contributed by atoms with Crippen LogP contribution in [0.15, 0.2) is 18.2 Å². The van der Waals surface area contributed by atoms with Gasteiger partial charge in [0.15, 0.2) is 6.29 Å². The highest BCUT2D eigenvalue weighted by molar-refractivity contribution is 6.32. The molecule has 0 aliphatic carbocycles. The largest absolute Gasteiger partial charge is 0.460 e. The lowest BCUT2D eigenvalue weighted by Gasteiger charge is -2.45. The van der Waals surface area contributed by atoms with E-state index in [1.54, 1.807) is 0 Å². The van der Waals surface area contributed by atoms with Gasteiger partial charge in [0.1, 0.15) is 54.6 Å². The summed E-state index contributed by atoms with van der Waals surface area (Å²) in [6.07, 6.45) is -16.1. The smallest absolute Gasteiger partial charge is 0.271 e. The second kappa shape index (κ2) is 10.7. The molecule has 3 rings (SSSR count). The van der Waals surface area contributed by atoms with Crippen molar-refractivity contribution in [1.82, 2.24) is 0 Å². The molecule has 10 atom stereocenters. The van der Waals surface area contributed by atoms with Gasteiger partial charge in [-0.05, 0) is 6.07 Å². The molecule has 1 aromatic carbocycles. The third-order valence-electron chi connectivity index (χ3n) is 5.33. The summed E-state index contributed by atoms with van der Waals surface area (Å²) in [6, 6.07) is 3.27. The molecule has 0 bridgehead atoms. The first kappa shape index (κ1) is 25.9. The van der Waals surface area contributed by atoms with Crippen molar-refractivity contribution >= 4 is 17.3 Å². The van der Waals surface area contributed by atoms with E-state index in [0.29, 0.717) is 0 Å². The van der Waals surface area contributed by atoms with Gasteiger partial charge in [0.05, 0.1) is 23.2 Å². The molecule has 2 heterocycles. The summed E-state index contributed by atoms with van der Waals surface area (Å²) < 4.78 is 21.5. The summed E-state index contributed by atoms with van der Waals surface area (Å²) in [4.78, 5) is 10.2. The summed E-state index contributed by atoms with van der Waals surface area (Å²) in [5, 5.41) is 80.5. The molecule has 0 aromatic heterocycles. The predicted molar refractivity (Wildman–Crippen MR) is 105 cm³/mol. The fraction of sp³-hybridized carbons (Fsp3) is 0.667. The third-order valence-corrected chi connectivity index (χ3v) is 5.63. The van der Waals surface area contributed by atoms with Crippen LogP contribution in [0.3, 0.4) is 0 Å². The molecule has 2 aliphatic heterocycles. The molecular formula is C18H24ClNO13. The average Bonchev–Trinajstić information content (AvgIpc) is 2.79. The first-order valence-electron chi connectivity index (χ1n) is 9.78. The lowest BCUT2D eigenvalue weighted by Crippen LogP contribution is -2.65. The van der Waals surface area contributed by atoms with Crippen LogP contribution in [0.25, 0.3) is 0 Å². The van der Waals surface area contributed by atoms with E-state index < -0.39 is 79.5 Å². The number of nitro benzene ring substituents is 1. The van der Waals surface area contributed by atoms with E-state index in [0.717, 1.165) is 18.2 Å². The number of benzene rings is 1. The molecule has 2 saturated heterocycles. The molecule has 2 fully saturated rings. The molecule has 2 aliphatic rings. The van der Waals surface area contributed by atoms with Gasteiger partial charge >= 0.3 is 0 Å². The Morgan fingerprint density at radius 1 is 0.909 bits per heavy atom. The summed E-state index contributed by atoms with van der Waals surface area (Å²) >= 11 is 5.96. The zero-order valence-electron chi connectivity index (χ0n) is 16.8. The van der Waals surface area contributed by atoms with Gasteiger partial charge in [0.2, 0.25) is 6.29 Å². The van der Waals surface area contributed by atoms with Crippen LogP contribution in [0.5, 0.6) is 5.75 Å². The number of nitro groups is 1. The molecule has 186 valence electrons. The topological polar surface area (TPSA) is 222 Å². The number of halogens is 1. The molecule has 0 radical (unpaired) electrons. The van der Waals surface area contributed by atoms with E-state index >= 15 is 0 Å². The van der Waals surface area contributed by atoms with Crippen molar-refractivity contribution in [2.45, 2.75) is 61.4 Å². The van der Waals surface area contributed by atoms with Crippen LogP contribution in [-0.4, -0.2) is 115 Å². The van der Waals surface area contributed by atoms with Gasteiger partial charge in [0, 0.05) is 12.1 Å². The van der Waals surface area contributed by atoms with Crippen molar-refractivity contribution in [2.24, 2.45) is 0 Å². The van der Waals surface area contributed by atoms with E-state index in [-0.39, 0.29) is 16.5 Å². The van der Waals surface area contributed by atoms with Crippen molar-refractivity contribution < 1.29 is 59.6 Å². The zero-order chi connectivity index (χ0) is 24.4. The molecular weight excluding hydrogens is 474 g/mol. The number of hydrogen-bond acceptors (Lipinski definition) is 13. The van der Waals surface area contributed by atoms with Crippen LogP contribution >= 0.6 is 11.6 Å². The fourth-order valence-corrected chi connectivity index (χ4v) is 3.70. The zero-order valence-corrected chi connectivity index (χ0v) is 17.6. The predicted octanol–water partition coefficient (Wildman–Crippen LogP) is -2.75. The lowest BCUT2D eigenvalue weighted by molar-refractivity contribution is -0.384. The standard InChI is InChI=1S/C18H24ClNO13/c19-7-3-6(20(28)29)1-2-8(7)30-17-15(27)13(25)16(10(5-22)32-17)33-18-14(26)12(24)11(23)9(4-21)31-18/h1-3,9-18,21-27H,4-5H2/t9-,10-,11-,12+,13-,14-,15-,16-,17-,18-/m1/s1. The van der Waals surface area contributed by atoms with Crippen molar-refractivity contribution in [3.63, 3.8) is 0 Å². The van der Waals surface area contributed by atoms with Crippen LogP contribution in [-0.2, 0) is 14.2 Å². The summed E-state index contributed by atoms with van der Waals surface area (Å²) in [7, 11) is 0. The normalized spacial score (nSPS) is 39.3. The van der Waals surface area contributed by atoms with E-state index in [9.17, 15) is 45.9 Å². The van der Waals surface area contributed by atoms with E-state index in [1.165, 1.54) is 0 Å². The number of rotatable bonds is 7. The number of non-ortho nitro benzene ring substituents is 1. The number of aliphatic hydroxyl groups is 7. The summed E-state index contributed by atoms with van der Waals surface area (Å²) in [5.41, 5.74) is -0.307. The molecule has 0 amide bonds. The van der Waals surface area contributed by atoms with Crippen molar-refractivity contribution in [3.8, 4) is 5.75 Å². The van der Waals surface area contributed by atoms with E-state index in [2.05, 4.69) is 0 Å². The lowest BCUT2D eigenvalue weighted by atomic mass is 9.97. The first-order chi connectivity index (χ1) is 15.6. The van der Waals surface area contributed by atoms with Crippen molar-refractivity contribution in [2.75, 3.05) is 13.2 Å². The van der Waals surface area contributed by atoms with Gasteiger partial charge in [-0.15, -0.1) is 0 Å². The van der Waals surface area contributed by atoms with Crippen LogP contribution < -0.4 is 4.74 Å². The molecule has 1 aromatic rings. The molecule has 7 N–H and O–H groups in total. The van der Waals surface area contributed by atoms with Crippen LogP contribution in [0.4, 0.5) is 5.69 Å². The molecule has 0 spiro atoms. The van der Waals surface area contributed by atoms with Gasteiger partial charge in [0.25, 0.3) is 5.69 Å². The first-order valence-corrected chi connectivity index (χ1v) is 10.2. The second-order valence-corrected chi connectivity index (χ2v) is 7.90. The Morgan fingerprint density at radius 2 is 1.52 bits per heavy atom. The fourth-order valence-electron chi connectivity index (χ4n) is 3.48. The minimum atomic E-state index is -1.79. The van der Waals surface area contributed by atoms with Gasteiger partial charge in [-0.2, -0.15) is 0 Å². The van der Waals surface area contributed by atoms with Crippen LogP contribution in [0.1, 0.15) is 0 Å². The van der Waals surface area contributed by atoms with Gasteiger partial charge < -0.3 is 54.7 Å². The minimum absolute atomic E-state index is 0.108.